The summed E-state index contributed by atoms with van der Waals surface area (Å²) >= 11 is 0. The Kier molecular flexibility index (Phi) is 4.52. The topological polar surface area (TPSA) is 67.9 Å². The Morgan fingerprint density at radius 1 is 1.52 bits per heavy atom. The van der Waals surface area contributed by atoms with Gasteiger partial charge in [0.05, 0.1) is 18.2 Å². The Hall–Kier alpha value is -2.87. The van der Waals surface area contributed by atoms with E-state index in [4.69, 9.17) is 10.00 Å². The molecule has 0 N–H and O–H groups in total. The van der Waals surface area contributed by atoms with Crippen molar-refractivity contribution in [3.05, 3.63) is 53.6 Å². The molecule has 0 bridgehead atoms. The van der Waals surface area contributed by atoms with E-state index in [9.17, 15) is 4.79 Å². The fourth-order valence-corrected chi connectivity index (χ4v) is 1.91. The molecule has 21 heavy (non-hydrogen) atoms. The van der Waals surface area contributed by atoms with Crippen molar-refractivity contribution in [2.45, 2.75) is 6.92 Å². The molecule has 2 aromatic rings. The maximum atomic E-state index is 12.1. The molecule has 106 valence electrons. The van der Waals surface area contributed by atoms with Crippen LogP contribution >= 0.6 is 0 Å². The fraction of sp³-hybridized carbons (Fsp3) is 0.188. The number of aromatic nitrogens is 2. The summed E-state index contributed by atoms with van der Waals surface area (Å²) in [6.07, 6.45) is 5.06. The van der Waals surface area contributed by atoms with Gasteiger partial charge in [0.25, 0.3) is 0 Å². The second kappa shape index (κ2) is 6.53. The summed E-state index contributed by atoms with van der Waals surface area (Å²) in [5.74, 6) is 0.0879. The molecule has 0 fully saturated rings. The van der Waals surface area contributed by atoms with Gasteiger partial charge in [-0.2, -0.15) is 5.26 Å². The van der Waals surface area contributed by atoms with Gasteiger partial charge in [0.1, 0.15) is 11.4 Å². The van der Waals surface area contributed by atoms with E-state index < -0.39 is 5.97 Å². The lowest BCUT2D eigenvalue weighted by molar-refractivity contribution is -0.136. The molecule has 5 heteroatoms. The molecular weight excluding hydrogens is 266 g/mol. The van der Waals surface area contributed by atoms with Crippen LogP contribution in [0.4, 0.5) is 0 Å². The molecule has 1 aromatic heterocycles. The largest absolute Gasteiger partial charge is 0.462 e. The van der Waals surface area contributed by atoms with Gasteiger partial charge in [0.2, 0.25) is 0 Å². The highest BCUT2D eigenvalue weighted by Crippen LogP contribution is 2.19. The first-order valence-electron chi connectivity index (χ1n) is 6.52. The van der Waals surface area contributed by atoms with Crippen LogP contribution in [0, 0.1) is 11.3 Å². The number of ether oxygens (including phenoxy) is 1. The fourth-order valence-electron chi connectivity index (χ4n) is 1.91. The summed E-state index contributed by atoms with van der Waals surface area (Å²) in [7, 11) is 1.81. The molecule has 0 saturated carbocycles. The first-order valence-corrected chi connectivity index (χ1v) is 6.52. The summed E-state index contributed by atoms with van der Waals surface area (Å²) < 4.78 is 6.83. The number of hydrogen-bond acceptors (Lipinski definition) is 4. The molecule has 0 atom stereocenters. The maximum Gasteiger partial charge on any atom is 0.341 e. The molecule has 0 radical (unpaired) electrons. The van der Waals surface area contributed by atoms with Crippen molar-refractivity contribution in [2.75, 3.05) is 6.61 Å². The molecule has 2 rings (SSSR count). The minimum absolute atomic E-state index is 0.291. The Morgan fingerprint density at radius 3 is 2.95 bits per heavy atom. The van der Waals surface area contributed by atoms with Crippen molar-refractivity contribution >= 4 is 17.6 Å². The van der Waals surface area contributed by atoms with Crippen LogP contribution in [0.1, 0.15) is 23.9 Å². The molecule has 0 unspecified atom stereocenters. The zero-order valence-corrected chi connectivity index (χ0v) is 11.9. The average Bonchev–Trinajstić information content (AvgIpc) is 2.91. The predicted octanol–water partition coefficient (Wildman–Crippen LogP) is 2.40. The van der Waals surface area contributed by atoms with Crippen LogP contribution in [-0.4, -0.2) is 22.1 Å². The number of nitrogens with zero attached hydrogens (tertiary/aromatic N) is 3. The molecule has 0 saturated heterocycles. The Balaban J connectivity index is 2.49. The van der Waals surface area contributed by atoms with E-state index in [2.05, 4.69) is 11.1 Å². The average molecular weight is 281 g/mol. The highest BCUT2D eigenvalue weighted by atomic mass is 16.5. The minimum Gasteiger partial charge on any atom is -0.462 e. The molecule has 1 aromatic carbocycles. The number of nitriles is 1. The van der Waals surface area contributed by atoms with Crippen LogP contribution in [0.15, 0.2) is 36.7 Å². The third kappa shape index (κ3) is 3.37. The van der Waals surface area contributed by atoms with E-state index in [1.807, 2.05) is 6.07 Å². The number of esters is 1. The molecule has 1 heterocycles. The van der Waals surface area contributed by atoms with Gasteiger partial charge >= 0.3 is 5.97 Å². The lowest BCUT2D eigenvalue weighted by Crippen LogP contribution is -2.10. The number of carbonyl (C=O) groups is 1. The Morgan fingerprint density at radius 2 is 2.33 bits per heavy atom. The molecule has 5 nitrogen and oxygen atoms in total. The first kappa shape index (κ1) is 14.5. The highest BCUT2D eigenvalue weighted by Gasteiger charge is 2.17. The highest BCUT2D eigenvalue weighted by molar-refractivity contribution is 6.20. The lowest BCUT2D eigenvalue weighted by Gasteiger charge is -2.07. The van der Waals surface area contributed by atoms with Crippen molar-refractivity contribution in [2.24, 2.45) is 7.05 Å². The normalized spacial score (nSPS) is 11.0. The molecule has 0 spiro atoms. The monoisotopic (exact) mass is 281 g/mol. The molecular formula is C16H15N3O2. The van der Waals surface area contributed by atoms with Crippen molar-refractivity contribution in [3.8, 4) is 6.07 Å². The van der Waals surface area contributed by atoms with E-state index in [1.54, 1.807) is 55.2 Å². The minimum atomic E-state index is -0.436. The number of aryl methyl sites for hydroxylation is 1. The SMILES string of the molecule is CCOC(=O)/C(=C/c1cccc(C#N)c1)c1nccn1C. The van der Waals surface area contributed by atoms with Gasteiger partial charge < -0.3 is 9.30 Å². The van der Waals surface area contributed by atoms with Gasteiger partial charge in [-0.25, -0.2) is 9.78 Å². The molecule has 0 aliphatic heterocycles. The predicted molar refractivity (Wildman–Crippen MR) is 78.9 cm³/mol. The van der Waals surface area contributed by atoms with Gasteiger partial charge in [-0.15, -0.1) is 0 Å². The second-order valence-corrected chi connectivity index (χ2v) is 4.38. The van der Waals surface area contributed by atoms with Gasteiger partial charge in [-0.1, -0.05) is 12.1 Å². The van der Waals surface area contributed by atoms with Crippen molar-refractivity contribution in [3.63, 3.8) is 0 Å². The summed E-state index contributed by atoms with van der Waals surface area (Å²) in [5, 5.41) is 8.94. The van der Waals surface area contributed by atoms with Crippen LogP contribution in [-0.2, 0) is 16.6 Å². The first-order chi connectivity index (χ1) is 10.2. The van der Waals surface area contributed by atoms with Crippen LogP contribution < -0.4 is 0 Å². The summed E-state index contributed by atoms with van der Waals surface area (Å²) in [6, 6.07) is 9.09. The van der Waals surface area contributed by atoms with Crippen molar-refractivity contribution < 1.29 is 9.53 Å². The van der Waals surface area contributed by atoms with Gasteiger partial charge in [-0.3, -0.25) is 0 Å². The second-order valence-electron chi connectivity index (χ2n) is 4.38. The van der Waals surface area contributed by atoms with E-state index in [1.165, 1.54) is 0 Å². The number of hydrogen-bond donors (Lipinski definition) is 0. The Labute approximate surface area is 123 Å². The van der Waals surface area contributed by atoms with Crippen molar-refractivity contribution in [1.82, 2.24) is 9.55 Å². The van der Waals surface area contributed by atoms with Gasteiger partial charge in [0, 0.05) is 19.4 Å². The lowest BCUT2D eigenvalue weighted by atomic mass is 10.1. The Bertz CT molecular complexity index is 723. The van der Waals surface area contributed by atoms with Crippen LogP contribution in [0.3, 0.4) is 0 Å². The third-order valence-corrected chi connectivity index (χ3v) is 2.88. The van der Waals surface area contributed by atoms with E-state index in [0.29, 0.717) is 23.6 Å². The smallest absolute Gasteiger partial charge is 0.341 e. The quantitative estimate of drug-likeness (QED) is 0.637. The number of rotatable bonds is 4. The summed E-state index contributed by atoms with van der Waals surface area (Å²) in [6.45, 7) is 2.04. The zero-order valence-electron chi connectivity index (χ0n) is 11.9. The number of carbonyl (C=O) groups excluding carboxylic acids is 1. The van der Waals surface area contributed by atoms with Gasteiger partial charge in [0.15, 0.2) is 0 Å². The zero-order chi connectivity index (χ0) is 15.2. The van der Waals surface area contributed by atoms with Crippen LogP contribution in [0.25, 0.3) is 11.6 Å². The number of benzene rings is 1. The molecule has 0 amide bonds. The summed E-state index contributed by atoms with van der Waals surface area (Å²) in [5.41, 5.74) is 1.64. The third-order valence-electron chi connectivity index (χ3n) is 2.88. The van der Waals surface area contributed by atoms with E-state index in [-0.39, 0.29) is 0 Å². The van der Waals surface area contributed by atoms with E-state index in [0.717, 1.165) is 5.56 Å². The van der Waals surface area contributed by atoms with Crippen LogP contribution in [0.2, 0.25) is 0 Å². The maximum absolute atomic E-state index is 12.1. The molecule has 0 aliphatic carbocycles. The molecule has 0 aliphatic rings. The van der Waals surface area contributed by atoms with E-state index >= 15 is 0 Å². The number of imidazole rings is 1. The van der Waals surface area contributed by atoms with Crippen LogP contribution in [0.5, 0.6) is 0 Å². The van der Waals surface area contributed by atoms with Crippen molar-refractivity contribution in [1.29, 1.82) is 5.26 Å². The standard InChI is InChI=1S/C16H15N3O2/c1-3-21-16(20)14(15-18-7-8-19(15)2)10-12-5-4-6-13(9-12)11-17/h4-10H,3H2,1-2H3/b14-10+. The summed E-state index contributed by atoms with van der Waals surface area (Å²) in [4.78, 5) is 16.3. The van der Waals surface area contributed by atoms with Gasteiger partial charge in [-0.05, 0) is 30.7 Å².